The van der Waals surface area contributed by atoms with Crippen LogP contribution in [0.15, 0.2) is 36.5 Å². The van der Waals surface area contributed by atoms with Crippen LogP contribution in [0.5, 0.6) is 0 Å². The number of nitrogens with zero attached hydrogens (tertiary/aromatic N) is 1. The second-order valence-electron chi connectivity index (χ2n) is 4.15. The molecule has 0 aliphatic rings. The zero-order valence-electron chi connectivity index (χ0n) is 10.1. The molecule has 0 saturated heterocycles. The van der Waals surface area contributed by atoms with E-state index >= 15 is 0 Å². The van der Waals surface area contributed by atoms with Gasteiger partial charge in [0, 0.05) is 27.6 Å². The highest BCUT2D eigenvalue weighted by atomic mass is 32.1. The van der Waals surface area contributed by atoms with Gasteiger partial charge in [-0.3, -0.25) is 4.98 Å². The Hall–Kier alpha value is -1.19. The number of rotatable bonds is 4. The topological polar surface area (TPSA) is 33.1 Å². The van der Waals surface area contributed by atoms with Crippen molar-refractivity contribution in [3.8, 4) is 0 Å². The molecule has 0 spiro atoms. The molecule has 2 heterocycles. The molecule has 2 aromatic rings. The molecule has 0 fully saturated rings. The molecule has 1 N–H and O–H groups in total. The first-order valence-electron chi connectivity index (χ1n) is 5.90. The third-order valence-electron chi connectivity index (χ3n) is 2.95. The summed E-state index contributed by atoms with van der Waals surface area (Å²) in [6.07, 6.45) is 2.33. The van der Waals surface area contributed by atoms with E-state index in [1.807, 2.05) is 31.2 Å². The summed E-state index contributed by atoms with van der Waals surface area (Å²) in [5, 5.41) is 10.3. The summed E-state index contributed by atoms with van der Waals surface area (Å²) in [5.41, 5.74) is 0.937. The molecule has 2 aromatic heterocycles. The van der Waals surface area contributed by atoms with Gasteiger partial charge in [-0.25, -0.2) is 0 Å². The van der Waals surface area contributed by atoms with Crippen LogP contribution in [-0.2, 0) is 6.42 Å². The van der Waals surface area contributed by atoms with Crippen molar-refractivity contribution in [3.05, 3.63) is 52.0 Å². The van der Waals surface area contributed by atoms with E-state index in [9.17, 15) is 5.11 Å². The number of pyridine rings is 1. The first-order chi connectivity index (χ1) is 8.22. The lowest BCUT2D eigenvalue weighted by Gasteiger charge is -2.16. The van der Waals surface area contributed by atoms with Crippen LogP contribution in [0, 0.1) is 0 Å². The number of aromatic nitrogens is 1. The molecule has 0 bridgehead atoms. The van der Waals surface area contributed by atoms with Crippen LogP contribution in [0.4, 0.5) is 0 Å². The van der Waals surface area contributed by atoms with Gasteiger partial charge < -0.3 is 5.11 Å². The maximum Gasteiger partial charge on any atom is 0.0962 e. The zero-order valence-corrected chi connectivity index (χ0v) is 10.9. The van der Waals surface area contributed by atoms with Gasteiger partial charge in [0.1, 0.15) is 0 Å². The molecular weight excluding hydrogens is 230 g/mol. The third-order valence-corrected chi connectivity index (χ3v) is 4.25. The summed E-state index contributed by atoms with van der Waals surface area (Å²) in [7, 11) is 0. The van der Waals surface area contributed by atoms with E-state index in [-0.39, 0.29) is 5.92 Å². The molecule has 3 heteroatoms. The molecule has 2 rings (SSSR count). The van der Waals surface area contributed by atoms with Crippen molar-refractivity contribution < 1.29 is 5.11 Å². The van der Waals surface area contributed by atoms with Crippen molar-refractivity contribution in [2.45, 2.75) is 32.3 Å². The minimum Gasteiger partial charge on any atom is -0.387 e. The van der Waals surface area contributed by atoms with Crippen LogP contribution in [-0.4, -0.2) is 10.1 Å². The Morgan fingerprint density at radius 3 is 2.71 bits per heavy atom. The largest absolute Gasteiger partial charge is 0.387 e. The molecule has 0 saturated carbocycles. The standard InChI is InChI=1S/C14H17NOS/c1-3-11-7-8-13(17-11)14(16)10(2)12-6-4-5-9-15-12/h4-10,14,16H,3H2,1-2H3. The van der Waals surface area contributed by atoms with E-state index in [0.29, 0.717) is 0 Å². The van der Waals surface area contributed by atoms with E-state index in [4.69, 9.17) is 0 Å². The van der Waals surface area contributed by atoms with Gasteiger partial charge in [0.25, 0.3) is 0 Å². The Morgan fingerprint density at radius 2 is 2.12 bits per heavy atom. The van der Waals surface area contributed by atoms with Crippen LogP contribution in [0.1, 0.15) is 41.3 Å². The van der Waals surface area contributed by atoms with Crippen LogP contribution < -0.4 is 0 Å². The Bertz CT molecular complexity index is 466. The van der Waals surface area contributed by atoms with Gasteiger partial charge in [0.2, 0.25) is 0 Å². The molecule has 90 valence electrons. The Kier molecular flexibility index (Phi) is 3.92. The molecule has 2 nitrogen and oxygen atoms in total. The van der Waals surface area contributed by atoms with Gasteiger partial charge in [-0.2, -0.15) is 0 Å². The van der Waals surface area contributed by atoms with E-state index < -0.39 is 6.10 Å². The van der Waals surface area contributed by atoms with Gasteiger partial charge in [0.05, 0.1) is 6.10 Å². The van der Waals surface area contributed by atoms with E-state index in [1.54, 1.807) is 17.5 Å². The zero-order chi connectivity index (χ0) is 12.3. The predicted octanol–water partition coefficient (Wildman–Crippen LogP) is 3.54. The second kappa shape index (κ2) is 5.43. The number of hydrogen-bond donors (Lipinski definition) is 1. The summed E-state index contributed by atoms with van der Waals surface area (Å²) in [5.74, 6) is 0.0274. The van der Waals surface area contributed by atoms with Crippen molar-refractivity contribution >= 4 is 11.3 Å². The molecule has 17 heavy (non-hydrogen) atoms. The van der Waals surface area contributed by atoms with Gasteiger partial charge in [-0.15, -0.1) is 11.3 Å². The molecule has 0 amide bonds. The summed E-state index contributed by atoms with van der Waals surface area (Å²) < 4.78 is 0. The minimum absolute atomic E-state index is 0.0274. The highest BCUT2D eigenvalue weighted by Crippen LogP contribution is 2.33. The highest BCUT2D eigenvalue weighted by Gasteiger charge is 2.20. The normalized spacial score (nSPS) is 14.5. The lowest BCUT2D eigenvalue weighted by atomic mass is 9.99. The summed E-state index contributed by atoms with van der Waals surface area (Å²) in [6, 6.07) is 9.92. The average Bonchev–Trinajstić information content (AvgIpc) is 2.87. The fourth-order valence-corrected chi connectivity index (χ4v) is 2.84. The minimum atomic E-state index is -0.463. The first-order valence-corrected chi connectivity index (χ1v) is 6.71. The van der Waals surface area contributed by atoms with Gasteiger partial charge >= 0.3 is 0 Å². The summed E-state index contributed by atoms with van der Waals surface area (Å²) in [4.78, 5) is 6.64. The van der Waals surface area contributed by atoms with Crippen LogP contribution in [0.25, 0.3) is 0 Å². The lowest BCUT2D eigenvalue weighted by Crippen LogP contribution is -2.07. The number of aliphatic hydroxyl groups excluding tert-OH is 1. The molecule has 0 aliphatic heterocycles. The van der Waals surface area contributed by atoms with E-state index in [1.165, 1.54) is 4.88 Å². The highest BCUT2D eigenvalue weighted by molar-refractivity contribution is 7.12. The van der Waals surface area contributed by atoms with Crippen molar-refractivity contribution in [1.29, 1.82) is 0 Å². The average molecular weight is 247 g/mol. The van der Waals surface area contributed by atoms with Gasteiger partial charge in [-0.05, 0) is 30.7 Å². The van der Waals surface area contributed by atoms with Crippen molar-refractivity contribution in [2.24, 2.45) is 0 Å². The van der Waals surface area contributed by atoms with Gasteiger partial charge in [0.15, 0.2) is 0 Å². The predicted molar refractivity (Wildman–Crippen MR) is 71.3 cm³/mol. The quantitative estimate of drug-likeness (QED) is 0.896. The molecular formula is C14H17NOS. The van der Waals surface area contributed by atoms with E-state index in [2.05, 4.69) is 18.0 Å². The number of aliphatic hydroxyl groups is 1. The van der Waals surface area contributed by atoms with Crippen molar-refractivity contribution in [2.75, 3.05) is 0 Å². The molecule has 2 unspecified atom stereocenters. The first kappa shape index (κ1) is 12.3. The van der Waals surface area contributed by atoms with Crippen LogP contribution >= 0.6 is 11.3 Å². The molecule has 2 atom stereocenters. The lowest BCUT2D eigenvalue weighted by molar-refractivity contribution is 0.153. The molecule has 0 aliphatic carbocycles. The van der Waals surface area contributed by atoms with Crippen LogP contribution in [0.2, 0.25) is 0 Å². The second-order valence-corrected chi connectivity index (χ2v) is 5.35. The SMILES string of the molecule is CCc1ccc(C(O)C(C)c2ccccn2)s1. The van der Waals surface area contributed by atoms with Crippen LogP contribution in [0.3, 0.4) is 0 Å². The van der Waals surface area contributed by atoms with Crippen molar-refractivity contribution in [1.82, 2.24) is 4.98 Å². The van der Waals surface area contributed by atoms with Crippen molar-refractivity contribution in [3.63, 3.8) is 0 Å². The Balaban J connectivity index is 2.17. The Labute approximate surface area is 106 Å². The number of hydrogen-bond acceptors (Lipinski definition) is 3. The van der Waals surface area contributed by atoms with Gasteiger partial charge in [-0.1, -0.05) is 19.9 Å². The Morgan fingerprint density at radius 1 is 1.29 bits per heavy atom. The number of thiophene rings is 1. The third kappa shape index (κ3) is 2.73. The number of aryl methyl sites for hydroxylation is 1. The summed E-state index contributed by atoms with van der Waals surface area (Å²) >= 11 is 1.69. The fourth-order valence-electron chi connectivity index (χ4n) is 1.80. The molecule has 0 aromatic carbocycles. The molecule has 0 radical (unpaired) electrons. The maximum atomic E-state index is 10.3. The summed E-state index contributed by atoms with van der Waals surface area (Å²) in [6.45, 7) is 4.14. The monoisotopic (exact) mass is 247 g/mol. The smallest absolute Gasteiger partial charge is 0.0962 e. The maximum absolute atomic E-state index is 10.3. The fraction of sp³-hybridized carbons (Fsp3) is 0.357. The van der Waals surface area contributed by atoms with E-state index in [0.717, 1.165) is 17.0 Å².